The van der Waals surface area contributed by atoms with E-state index in [9.17, 15) is 9.59 Å². The Hall–Kier alpha value is -1.72. The fraction of sp³-hybridized carbons (Fsp3) is 0.556. The Kier molecular flexibility index (Phi) is 6.30. The first-order chi connectivity index (χ1) is 11.0. The Balaban J connectivity index is 1.95. The van der Waals surface area contributed by atoms with Crippen LogP contribution in [0, 0.1) is 5.92 Å². The van der Waals surface area contributed by atoms with Gasteiger partial charge in [-0.25, -0.2) is 0 Å². The Bertz CT molecular complexity index is 533. The molecule has 0 aliphatic heterocycles. The number of ether oxygens (including phenoxy) is 1. The van der Waals surface area contributed by atoms with Crippen LogP contribution in [-0.2, 0) is 20.7 Å². The number of benzene rings is 1. The van der Waals surface area contributed by atoms with E-state index < -0.39 is 31.2 Å². The average molecular weight is 320 g/mol. The minimum absolute atomic E-state index is 0.137. The molecule has 126 valence electrons. The van der Waals surface area contributed by atoms with Crippen LogP contribution in [0.4, 0.5) is 0 Å². The van der Waals surface area contributed by atoms with Crippen LogP contribution in [0.25, 0.3) is 0 Å². The smallest absolute Gasteiger partial charge is 0.313 e. The van der Waals surface area contributed by atoms with Crippen molar-refractivity contribution in [1.82, 2.24) is 0 Å². The molecule has 1 fully saturated rings. The topological polar surface area (TPSA) is 83.8 Å². The lowest BCUT2D eigenvalue weighted by Gasteiger charge is -2.17. The minimum Gasteiger partial charge on any atom is -0.457 e. The summed E-state index contributed by atoms with van der Waals surface area (Å²) in [7, 11) is 0. The highest BCUT2D eigenvalue weighted by molar-refractivity contribution is 5.83. The van der Waals surface area contributed by atoms with Crippen LogP contribution in [0.1, 0.15) is 43.2 Å². The molecule has 0 unspecified atom stereocenters. The number of aliphatic hydroxyl groups is 2. The fourth-order valence-corrected chi connectivity index (χ4v) is 2.87. The summed E-state index contributed by atoms with van der Waals surface area (Å²) in [6, 6.07) is 7.63. The summed E-state index contributed by atoms with van der Waals surface area (Å²) in [5.41, 5.74) is 1.91. The molecule has 2 atom stereocenters. The molecule has 5 heteroatoms. The highest BCUT2D eigenvalue weighted by Crippen LogP contribution is 2.26. The van der Waals surface area contributed by atoms with Gasteiger partial charge in [0, 0.05) is 12.3 Å². The van der Waals surface area contributed by atoms with E-state index in [1.165, 1.54) is 0 Å². The van der Waals surface area contributed by atoms with Crippen molar-refractivity contribution in [3.63, 3.8) is 0 Å². The van der Waals surface area contributed by atoms with Gasteiger partial charge in [0.25, 0.3) is 0 Å². The van der Waals surface area contributed by atoms with Gasteiger partial charge in [0.2, 0.25) is 0 Å². The molecular weight excluding hydrogens is 296 g/mol. The predicted octanol–water partition coefficient (Wildman–Crippen LogP) is 1.60. The van der Waals surface area contributed by atoms with Gasteiger partial charge < -0.3 is 14.9 Å². The monoisotopic (exact) mass is 320 g/mol. The molecule has 2 N–H and O–H groups in total. The van der Waals surface area contributed by atoms with Gasteiger partial charge >= 0.3 is 5.97 Å². The molecule has 0 bridgehead atoms. The third-order valence-corrected chi connectivity index (χ3v) is 4.44. The summed E-state index contributed by atoms with van der Waals surface area (Å²) in [6.45, 7) is 0.927. The summed E-state index contributed by atoms with van der Waals surface area (Å²) in [6.07, 6.45) is 2.53. The second-order valence-corrected chi connectivity index (χ2v) is 6.15. The molecule has 23 heavy (non-hydrogen) atoms. The first-order valence-electron chi connectivity index (χ1n) is 8.09. The van der Waals surface area contributed by atoms with Crippen LogP contribution in [-0.4, -0.2) is 41.3 Å². The zero-order valence-electron chi connectivity index (χ0n) is 13.4. The van der Waals surface area contributed by atoms with Crippen molar-refractivity contribution in [1.29, 1.82) is 0 Å². The van der Waals surface area contributed by atoms with Gasteiger partial charge in [0.05, 0.1) is 19.1 Å². The molecule has 5 nitrogen and oxygen atoms in total. The van der Waals surface area contributed by atoms with E-state index in [0.29, 0.717) is 12.2 Å². The van der Waals surface area contributed by atoms with Gasteiger partial charge in [0.1, 0.15) is 11.9 Å². The van der Waals surface area contributed by atoms with E-state index in [1.54, 1.807) is 6.92 Å². The molecule has 1 aliphatic carbocycles. The second kappa shape index (κ2) is 8.22. The van der Waals surface area contributed by atoms with E-state index in [1.807, 2.05) is 24.3 Å². The normalized spacial score (nSPS) is 19.1. The number of ketones is 1. The Morgan fingerprint density at radius 3 is 2.43 bits per heavy atom. The van der Waals surface area contributed by atoms with Crippen molar-refractivity contribution in [2.75, 3.05) is 13.2 Å². The average Bonchev–Trinajstić information content (AvgIpc) is 2.97. The molecule has 0 aromatic heterocycles. The molecule has 1 aromatic carbocycles. The molecule has 2 rings (SSSR count). The number of rotatable bonds is 7. The second-order valence-electron chi connectivity index (χ2n) is 6.15. The predicted molar refractivity (Wildman–Crippen MR) is 85.0 cm³/mol. The van der Waals surface area contributed by atoms with Crippen molar-refractivity contribution >= 4 is 11.8 Å². The zero-order chi connectivity index (χ0) is 16.8. The summed E-state index contributed by atoms with van der Waals surface area (Å²) in [5.74, 6) is -0.460. The van der Waals surface area contributed by atoms with Gasteiger partial charge in [-0.15, -0.1) is 0 Å². The van der Waals surface area contributed by atoms with Crippen molar-refractivity contribution in [2.45, 2.75) is 44.6 Å². The number of aliphatic hydroxyl groups excluding tert-OH is 2. The minimum atomic E-state index is -0.877. The summed E-state index contributed by atoms with van der Waals surface area (Å²) < 4.78 is 5.03. The van der Waals surface area contributed by atoms with Gasteiger partial charge in [0.15, 0.2) is 0 Å². The number of hydrogen-bond acceptors (Lipinski definition) is 5. The number of Topliss-reactive ketones (excluding diaryl/α,β-unsaturated/α-hetero) is 1. The fourth-order valence-electron chi connectivity index (χ4n) is 2.87. The van der Waals surface area contributed by atoms with Gasteiger partial charge in [-0.05, 0) is 37.3 Å². The molecule has 0 heterocycles. The molecular formula is C18H24O5. The van der Waals surface area contributed by atoms with E-state index >= 15 is 0 Å². The lowest BCUT2D eigenvalue weighted by molar-refractivity contribution is -0.154. The summed E-state index contributed by atoms with van der Waals surface area (Å²) in [4.78, 5) is 23.7. The maximum absolute atomic E-state index is 12.0. The highest BCUT2D eigenvalue weighted by Gasteiger charge is 2.25. The Morgan fingerprint density at radius 1 is 1.26 bits per heavy atom. The lowest BCUT2D eigenvalue weighted by Crippen LogP contribution is -2.27. The van der Waals surface area contributed by atoms with Crippen molar-refractivity contribution in [2.24, 2.45) is 5.92 Å². The molecule has 0 amide bonds. The number of esters is 1. The van der Waals surface area contributed by atoms with Gasteiger partial charge in [-0.3, -0.25) is 9.59 Å². The lowest BCUT2D eigenvalue weighted by atomic mass is 9.94. The van der Waals surface area contributed by atoms with Gasteiger partial charge in [-0.1, -0.05) is 24.3 Å². The molecule has 1 saturated carbocycles. The summed E-state index contributed by atoms with van der Waals surface area (Å²) >= 11 is 0. The molecule has 0 spiro atoms. The van der Waals surface area contributed by atoms with E-state index in [-0.39, 0.29) is 5.92 Å². The zero-order valence-corrected chi connectivity index (χ0v) is 13.4. The molecule has 0 radical (unpaired) electrons. The van der Waals surface area contributed by atoms with Crippen LogP contribution in [0.15, 0.2) is 24.3 Å². The van der Waals surface area contributed by atoms with Crippen molar-refractivity contribution < 1.29 is 24.5 Å². The highest BCUT2D eigenvalue weighted by atomic mass is 16.6. The van der Waals surface area contributed by atoms with Crippen LogP contribution >= 0.6 is 0 Å². The quantitative estimate of drug-likeness (QED) is 0.746. The first kappa shape index (κ1) is 17.6. The molecule has 0 saturated heterocycles. The maximum Gasteiger partial charge on any atom is 0.313 e. The van der Waals surface area contributed by atoms with Gasteiger partial charge in [-0.2, -0.15) is 0 Å². The van der Waals surface area contributed by atoms with Crippen molar-refractivity contribution in [3.05, 3.63) is 35.4 Å². The van der Waals surface area contributed by atoms with E-state index in [0.717, 1.165) is 30.4 Å². The summed E-state index contributed by atoms with van der Waals surface area (Å²) in [5, 5.41) is 17.9. The van der Waals surface area contributed by atoms with E-state index in [4.69, 9.17) is 14.9 Å². The number of carbonyl (C=O) groups is 2. The third-order valence-electron chi connectivity index (χ3n) is 4.44. The Morgan fingerprint density at radius 2 is 1.91 bits per heavy atom. The molecule has 1 aliphatic rings. The van der Waals surface area contributed by atoms with Crippen LogP contribution in [0.3, 0.4) is 0 Å². The third kappa shape index (κ3) is 4.62. The number of carbonyl (C=O) groups excluding carboxylic acids is 2. The first-order valence-corrected chi connectivity index (χ1v) is 8.09. The standard InChI is InChI=1S/C18H24O5/c1-12(18(22)23-16(10-19)11-20)14-7-5-13(6-8-14)9-15-3-2-4-17(15)21/h5-8,12,15-16,19-20H,2-4,9-11H2,1H3/t12-,15-/m0/s1. The van der Waals surface area contributed by atoms with E-state index in [2.05, 4.69) is 0 Å². The van der Waals surface area contributed by atoms with Crippen LogP contribution in [0.5, 0.6) is 0 Å². The van der Waals surface area contributed by atoms with Crippen LogP contribution in [0.2, 0.25) is 0 Å². The Labute approximate surface area is 136 Å². The van der Waals surface area contributed by atoms with Crippen LogP contribution < -0.4 is 0 Å². The maximum atomic E-state index is 12.0. The van der Waals surface area contributed by atoms with Crippen molar-refractivity contribution in [3.8, 4) is 0 Å². The largest absolute Gasteiger partial charge is 0.457 e. The number of hydrogen-bond donors (Lipinski definition) is 2. The molecule has 1 aromatic rings. The SMILES string of the molecule is C[C@H](C(=O)OC(CO)CO)c1ccc(C[C@@H]2CCCC2=O)cc1.